The molecule has 92 valence electrons. The number of primary amides is 1. The van der Waals surface area contributed by atoms with E-state index in [9.17, 15) is 4.79 Å². The fourth-order valence-electron chi connectivity index (χ4n) is 2.11. The summed E-state index contributed by atoms with van der Waals surface area (Å²) in [6.07, 6.45) is 2.82. The van der Waals surface area contributed by atoms with Crippen LogP contribution in [0.1, 0.15) is 18.4 Å². The minimum atomic E-state index is -0.291. The molecule has 0 spiro atoms. The highest BCUT2D eigenvalue weighted by Crippen LogP contribution is 2.11. The van der Waals surface area contributed by atoms with E-state index >= 15 is 0 Å². The van der Waals surface area contributed by atoms with Crippen LogP contribution in [0.5, 0.6) is 0 Å². The lowest BCUT2D eigenvalue weighted by Gasteiger charge is -2.12. The van der Waals surface area contributed by atoms with E-state index in [-0.39, 0.29) is 5.91 Å². The van der Waals surface area contributed by atoms with E-state index in [2.05, 4.69) is 10.6 Å². The second kappa shape index (κ2) is 5.68. The fraction of sp³-hybridized carbons (Fsp3) is 0.462. The largest absolute Gasteiger partial charge is 0.383 e. The normalized spacial score (nSPS) is 19.2. The van der Waals surface area contributed by atoms with Gasteiger partial charge in [-0.2, -0.15) is 0 Å². The average molecular weight is 233 g/mol. The third-order valence-electron chi connectivity index (χ3n) is 3.05. The van der Waals surface area contributed by atoms with Gasteiger partial charge in [0.15, 0.2) is 0 Å². The van der Waals surface area contributed by atoms with Crippen molar-refractivity contribution in [2.24, 2.45) is 5.73 Å². The first-order chi connectivity index (χ1) is 8.24. The average Bonchev–Trinajstić information content (AvgIpc) is 2.80. The lowest BCUT2D eigenvalue weighted by molar-refractivity contribution is -0.117. The van der Waals surface area contributed by atoms with Crippen LogP contribution in [-0.4, -0.2) is 25.0 Å². The summed E-state index contributed by atoms with van der Waals surface area (Å²) in [5.74, 6) is -0.291. The van der Waals surface area contributed by atoms with Crippen LogP contribution in [0.15, 0.2) is 24.3 Å². The Morgan fingerprint density at radius 3 is 2.76 bits per heavy atom. The maximum absolute atomic E-state index is 10.8. The van der Waals surface area contributed by atoms with E-state index in [4.69, 9.17) is 5.73 Å². The number of amides is 1. The Labute approximate surface area is 102 Å². The van der Waals surface area contributed by atoms with Crippen LogP contribution < -0.4 is 16.4 Å². The van der Waals surface area contributed by atoms with Gasteiger partial charge < -0.3 is 16.4 Å². The van der Waals surface area contributed by atoms with E-state index < -0.39 is 0 Å². The van der Waals surface area contributed by atoms with Gasteiger partial charge in [0.1, 0.15) is 0 Å². The number of anilines is 1. The van der Waals surface area contributed by atoms with Crippen molar-refractivity contribution in [2.45, 2.75) is 25.3 Å². The number of nitrogens with two attached hydrogens (primary N) is 1. The van der Waals surface area contributed by atoms with Gasteiger partial charge in [-0.05, 0) is 37.1 Å². The van der Waals surface area contributed by atoms with E-state index in [1.165, 1.54) is 12.8 Å². The molecule has 1 aromatic rings. The van der Waals surface area contributed by atoms with Gasteiger partial charge in [0.2, 0.25) is 5.91 Å². The van der Waals surface area contributed by atoms with Crippen LogP contribution in [-0.2, 0) is 11.2 Å². The molecule has 4 nitrogen and oxygen atoms in total. The summed E-state index contributed by atoms with van der Waals surface area (Å²) in [5, 5.41) is 6.83. The van der Waals surface area contributed by atoms with Crippen LogP contribution in [0.3, 0.4) is 0 Å². The van der Waals surface area contributed by atoms with Gasteiger partial charge in [-0.25, -0.2) is 0 Å². The highest BCUT2D eigenvalue weighted by molar-refractivity contribution is 5.76. The summed E-state index contributed by atoms with van der Waals surface area (Å²) >= 11 is 0. The molecule has 1 saturated heterocycles. The number of carbonyl (C=O) groups is 1. The number of carbonyl (C=O) groups excluding carboxylic acids is 1. The van der Waals surface area contributed by atoms with Crippen molar-refractivity contribution in [1.29, 1.82) is 0 Å². The van der Waals surface area contributed by atoms with Crippen molar-refractivity contribution in [2.75, 3.05) is 18.4 Å². The summed E-state index contributed by atoms with van der Waals surface area (Å²) in [6, 6.07) is 8.45. The Hall–Kier alpha value is -1.55. The molecule has 4 heteroatoms. The van der Waals surface area contributed by atoms with Crippen molar-refractivity contribution in [3.63, 3.8) is 0 Å². The molecule has 17 heavy (non-hydrogen) atoms. The number of rotatable bonds is 5. The summed E-state index contributed by atoms with van der Waals surface area (Å²) in [4.78, 5) is 10.8. The molecular weight excluding hydrogens is 214 g/mol. The van der Waals surface area contributed by atoms with Gasteiger partial charge in [0.05, 0.1) is 6.42 Å². The Balaban J connectivity index is 1.82. The van der Waals surface area contributed by atoms with Crippen molar-refractivity contribution in [3.05, 3.63) is 29.8 Å². The zero-order valence-corrected chi connectivity index (χ0v) is 9.91. The quantitative estimate of drug-likeness (QED) is 0.707. The molecule has 1 aliphatic heterocycles. The molecule has 0 aromatic heterocycles. The molecule has 1 aliphatic rings. The number of hydrogen-bond donors (Lipinski definition) is 3. The van der Waals surface area contributed by atoms with E-state index in [0.29, 0.717) is 12.5 Å². The van der Waals surface area contributed by atoms with E-state index in [1.54, 1.807) is 0 Å². The van der Waals surface area contributed by atoms with Crippen molar-refractivity contribution in [3.8, 4) is 0 Å². The molecular formula is C13H19N3O. The number of nitrogens with one attached hydrogen (secondary N) is 2. The molecule has 0 aliphatic carbocycles. The smallest absolute Gasteiger partial charge is 0.221 e. The zero-order chi connectivity index (χ0) is 12.1. The predicted molar refractivity (Wildman–Crippen MR) is 68.9 cm³/mol. The maximum atomic E-state index is 10.8. The second-order valence-corrected chi connectivity index (χ2v) is 4.51. The van der Waals surface area contributed by atoms with Crippen molar-refractivity contribution in [1.82, 2.24) is 5.32 Å². The zero-order valence-electron chi connectivity index (χ0n) is 9.91. The van der Waals surface area contributed by atoms with Gasteiger partial charge in [-0.15, -0.1) is 0 Å². The summed E-state index contributed by atoms with van der Waals surface area (Å²) < 4.78 is 0. The first-order valence-electron chi connectivity index (χ1n) is 6.08. The topological polar surface area (TPSA) is 67.2 Å². The Morgan fingerprint density at radius 1 is 1.41 bits per heavy atom. The third-order valence-corrected chi connectivity index (χ3v) is 3.05. The monoisotopic (exact) mass is 233 g/mol. The van der Waals surface area contributed by atoms with Crippen LogP contribution in [0.4, 0.5) is 5.69 Å². The van der Waals surface area contributed by atoms with Crippen molar-refractivity contribution < 1.29 is 4.79 Å². The highest BCUT2D eigenvalue weighted by atomic mass is 16.1. The van der Waals surface area contributed by atoms with Crippen LogP contribution >= 0.6 is 0 Å². The minimum Gasteiger partial charge on any atom is -0.383 e. The lowest BCUT2D eigenvalue weighted by Crippen LogP contribution is -2.29. The third kappa shape index (κ3) is 3.75. The lowest BCUT2D eigenvalue weighted by atomic mass is 10.1. The standard InChI is InChI=1S/C13H19N3O/c14-13(17)8-10-3-5-11(6-4-10)16-9-12-2-1-7-15-12/h3-6,12,15-16H,1-2,7-9H2,(H2,14,17). The summed E-state index contributed by atoms with van der Waals surface area (Å²) in [6.45, 7) is 2.08. The SMILES string of the molecule is NC(=O)Cc1ccc(NCC2CCCN2)cc1. The minimum absolute atomic E-state index is 0.291. The van der Waals surface area contributed by atoms with Crippen molar-refractivity contribution >= 4 is 11.6 Å². The molecule has 4 N–H and O–H groups in total. The predicted octanol–water partition coefficient (Wildman–Crippen LogP) is 0.878. The van der Waals surface area contributed by atoms with Gasteiger partial charge in [0.25, 0.3) is 0 Å². The van der Waals surface area contributed by atoms with Gasteiger partial charge in [-0.3, -0.25) is 4.79 Å². The fourth-order valence-corrected chi connectivity index (χ4v) is 2.11. The Morgan fingerprint density at radius 2 is 2.18 bits per heavy atom. The summed E-state index contributed by atoms with van der Waals surface area (Å²) in [7, 11) is 0. The molecule has 1 atom stereocenters. The molecule has 1 amide bonds. The Bertz CT molecular complexity index is 369. The van der Waals surface area contributed by atoms with Crippen LogP contribution in [0.2, 0.25) is 0 Å². The van der Waals surface area contributed by atoms with E-state index in [0.717, 1.165) is 24.3 Å². The molecule has 1 fully saturated rings. The van der Waals surface area contributed by atoms with Gasteiger partial charge in [-0.1, -0.05) is 12.1 Å². The van der Waals surface area contributed by atoms with Crippen LogP contribution in [0.25, 0.3) is 0 Å². The Kier molecular flexibility index (Phi) is 3.98. The van der Waals surface area contributed by atoms with Gasteiger partial charge in [0, 0.05) is 18.3 Å². The molecule has 0 bridgehead atoms. The first-order valence-corrected chi connectivity index (χ1v) is 6.08. The molecule has 1 unspecified atom stereocenters. The molecule has 1 aromatic carbocycles. The number of hydrogen-bond acceptors (Lipinski definition) is 3. The first kappa shape index (κ1) is 11.9. The highest BCUT2D eigenvalue weighted by Gasteiger charge is 2.12. The molecule has 2 rings (SSSR count). The van der Waals surface area contributed by atoms with E-state index in [1.807, 2.05) is 24.3 Å². The van der Waals surface area contributed by atoms with Gasteiger partial charge >= 0.3 is 0 Å². The maximum Gasteiger partial charge on any atom is 0.221 e. The number of benzene rings is 1. The molecule has 0 saturated carbocycles. The second-order valence-electron chi connectivity index (χ2n) is 4.51. The summed E-state index contributed by atoms with van der Waals surface area (Å²) in [5.41, 5.74) is 7.19. The molecule has 1 heterocycles. The van der Waals surface area contributed by atoms with Crippen LogP contribution in [0, 0.1) is 0 Å². The molecule has 0 radical (unpaired) electrons.